The number of carbonyl (C=O) groups excluding carboxylic acids is 1. The molecule has 3 heteroatoms. The average molecular weight is 207 g/mol. The average Bonchev–Trinajstić information content (AvgIpc) is 2.29. The molecule has 0 aromatic heterocycles. The number of hydrogen-bond donors (Lipinski definition) is 0. The van der Waals surface area contributed by atoms with Crippen LogP contribution in [0.25, 0.3) is 0 Å². The maximum absolute atomic E-state index is 11.5. The van der Waals surface area contributed by atoms with Crippen LogP contribution in [0.2, 0.25) is 0 Å². The van der Waals surface area contributed by atoms with Gasteiger partial charge in [0, 0.05) is 12.7 Å². The number of para-hydroxylation sites is 1. The Bertz CT molecular complexity index is 298. The fraction of sp³-hybridized carbons (Fsp3) is 0.417. The Labute approximate surface area is 90.7 Å². The molecule has 1 aromatic carbocycles. The van der Waals surface area contributed by atoms with Crippen molar-refractivity contribution < 1.29 is 9.53 Å². The summed E-state index contributed by atoms with van der Waals surface area (Å²) in [7, 11) is 1.71. The van der Waals surface area contributed by atoms with Crippen LogP contribution < -0.4 is 4.90 Å². The molecular weight excluding hydrogens is 190 g/mol. The van der Waals surface area contributed by atoms with E-state index in [1.165, 1.54) is 4.90 Å². The van der Waals surface area contributed by atoms with Crippen molar-refractivity contribution >= 4 is 11.8 Å². The number of ether oxygens (including phenoxy) is 1. The maximum atomic E-state index is 11.5. The minimum absolute atomic E-state index is 0.297. The standard InChI is InChI=1S/C12H17NO2/c1-3-4-10-15-12(14)13(2)11-8-6-5-7-9-11/h5-9H,3-4,10H2,1-2H3. The zero-order valence-corrected chi connectivity index (χ0v) is 9.27. The fourth-order valence-electron chi connectivity index (χ4n) is 1.16. The van der Waals surface area contributed by atoms with Crippen molar-refractivity contribution in [2.24, 2.45) is 0 Å². The molecular formula is C12H17NO2. The molecule has 15 heavy (non-hydrogen) atoms. The van der Waals surface area contributed by atoms with Gasteiger partial charge in [0.05, 0.1) is 6.61 Å². The smallest absolute Gasteiger partial charge is 0.414 e. The predicted molar refractivity (Wildman–Crippen MR) is 61.1 cm³/mol. The Kier molecular flexibility index (Phi) is 4.68. The van der Waals surface area contributed by atoms with Crippen molar-refractivity contribution in [3.05, 3.63) is 30.3 Å². The van der Waals surface area contributed by atoms with Gasteiger partial charge >= 0.3 is 6.09 Å². The van der Waals surface area contributed by atoms with E-state index in [1.807, 2.05) is 30.3 Å². The number of anilines is 1. The fourth-order valence-corrected chi connectivity index (χ4v) is 1.16. The van der Waals surface area contributed by atoms with Crippen molar-refractivity contribution in [3.63, 3.8) is 0 Å². The molecule has 1 rings (SSSR count). The van der Waals surface area contributed by atoms with Gasteiger partial charge in [-0.1, -0.05) is 31.5 Å². The van der Waals surface area contributed by atoms with Crippen LogP contribution in [0, 0.1) is 0 Å². The molecule has 0 heterocycles. The van der Waals surface area contributed by atoms with Gasteiger partial charge in [-0.25, -0.2) is 4.79 Å². The summed E-state index contributed by atoms with van der Waals surface area (Å²) in [6.45, 7) is 2.56. The van der Waals surface area contributed by atoms with Crippen molar-refractivity contribution in [1.82, 2.24) is 0 Å². The van der Waals surface area contributed by atoms with Crippen molar-refractivity contribution in [3.8, 4) is 0 Å². The molecule has 1 aromatic rings. The zero-order chi connectivity index (χ0) is 11.1. The molecule has 0 fully saturated rings. The summed E-state index contributed by atoms with van der Waals surface area (Å²) < 4.78 is 5.09. The topological polar surface area (TPSA) is 29.5 Å². The first-order chi connectivity index (χ1) is 7.25. The highest BCUT2D eigenvalue weighted by Crippen LogP contribution is 2.11. The Morgan fingerprint density at radius 1 is 1.33 bits per heavy atom. The summed E-state index contributed by atoms with van der Waals surface area (Å²) in [6, 6.07) is 9.46. The van der Waals surface area contributed by atoms with Crippen LogP contribution in [-0.2, 0) is 4.74 Å². The molecule has 0 N–H and O–H groups in total. The second kappa shape index (κ2) is 6.06. The summed E-state index contributed by atoms with van der Waals surface area (Å²) in [5.74, 6) is 0. The van der Waals surface area contributed by atoms with Crippen molar-refractivity contribution in [2.75, 3.05) is 18.6 Å². The molecule has 0 atom stereocenters. The van der Waals surface area contributed by atoms with Crippen LogP contribution in [0.15, 0.2) is 30.3 Å². The number of carbonyl (C=O) groups is 1. The number of benzene rings is 1. The van der Waals surface area contributed by atoms with Gasteiger partial charge in [-0.05, 0) is 18.6 Å². The van der Waals surface area contributed by atoms with E-state index < -0.39 is 0 Å². The van der Waals surface area contributed by atoms with E-state index in [9.17, 15) is 4.79 Å². The van der Waals surface area contributed by atoms with E-state index in [4.69, 9.17) is 4.74 Å². The molecule has 0 bridgehead atoms. The first-order valence-electron chi connectivity index (χ1n) is 5.21. The second-order valence-electron chi connectivity index (χ2n) is 3.36. The molecule has 1 amide bonds. The van der Waals surface area contributed by atoms with Crippen molar-refractivity contribution in [2.45, 2.75) is 19.8 Å². The van der Waals surface area contributed by atoms with E-state index in [1.54, 1.807) is 7.05 Å². The van der Waals surface area contributed by atoms with Crippen LogP contribution in [0.5, 0.6) is 0 Å². The first-order valence-corrected chi connectivity index (χ1v) is 5.21. The third-order valence-electron chi connectivity index (χ3n) is 2.14. The Balaban J connectivity index is 2.46. The second-order valence-corrected chi connectivity index (χ2v) is 3.36. The normalized spacial score (nSPS) is 9.73. The summed E-state index contributed by atoms with van der Waals surface area (Å²) in [5, 5.41) is 0. The predicted octanol–water partition coefficient (Wildman–Crippen LogP) is 3.06. The number of nitrogens with zero attached hydrogens (tertiary/aromatic N) is 1. The van der Waals surface area contributed by atoms with Gasteiger partial charge in [0.25, 0.3) is 0 Å². The lowest BCUT2D eigenvalue weighted by atomic mass is 10.3. The molecule has 0 spiro atoms. The van der Waals surface area contributed by atoms with Crippen molar-refractivity contribution in [1.29, 1.82) is 0 Å². The zero-order valence-electron chi connectivity index (χ0n) is 9.27. The van der Waals surface area contributed by atoms with Crippen LogP contribution >= 0.6 is 0 Å². The molecule has 0 aliphatic rings. The van der Waals surface area contributed by atoms with Crippen LogP contribution in [0.4, 0.5) is 10.5 Å². The van der Waals surface area contributed by atoms with E-state index in [-0.39, 0.29) is 6.09 Å². The molecule has 82 valence electrons. The third-order valence-corrected chi connectivity index (χ3v) is 2.14. The SMILES string of the molecule is CCCCOC(=O)N(C)c1ccccc1. The lowest BCUT2D eigenvalue weighted by Gasteiger charge is -2.16. The number of rotatable bonds is 4. The molecule has 0 unspecified atom stereocenters. The van der Waals surface area contributed by atoms with Crippen LogP contribution in [0.1, 0.15) is 19.8 Å². The minimum Gasteiger partial charge on any atom is -0.449 e. The quantitative estimate of drug-likeness (QED) is 0.710. The Hall–Kier alpha value is -1.51. The van der Waals surface area contributed by atoms with Gasteiger partial charge in [-0.15, -0.1) is 0 Å². The summed E-state index contributed by atoms with van der Waals surface area (Å²) in [5.41, 5.74) is 0.846. The summed E-state index contributed by atoms with van der Waals surface area (Å²) in [4.78, 5) is 13.0. The lowest BCUT2D eigenvalue weighted by molar-refractivity contribution is 0.153. The van der Waals surface area contributed by atoms with Gasteiger partial charge in [0.2, 0.25) is 0 Å². The molecule has 0 saturated carbocycles. The molecule has 0 radical (unpaired) electrons. The number of hydrogen-bond acceptors (Lipinski definition) is 2. The van der Waals surface area contributed by atoms with Crippen LogP contribution in [0.3, 0.4) is 0 Å². The van der Waals surface area contributed by atoms with E-state index in [0.29, 0.717) is 6.61 Å². The van der Waals surface area contributed by atoms with Gasteiger partial charge < -0.3 is 4.74 Å². The molecule has 0 aliphatic carbocycles. The largest absolute Gasteiger partial charge is 0.449 e. The molecule has 0 aliphatic heterocycles. The number of unbranched alkanes of at least 4 members (excludes halogenated alkanes) is 1. The first kappa shape index (κ1) is 11.6. The van der Waals surface area contributed by atoms with E-state index >= 15 is 0 Å². The Morgan fingerprint density at radius 3 is 2.60 bits per heavy atom. The van der Waals surface area contributed by atoms with E-state index in [2.05, 4.69) is 6.92 Å². The lowest BCUT2D eigenvalue weighted by Crippen LogP contribution is -2.27. The summed E-state index contributed by atoms with van der Waals surface area (Å²) in [6.07, 6.45) is 1.64. The monoisotopic (exact) mass is 207 g/mol. The molecule has 0 saturated heterocycles. The highest BCUT2D eigenvalue weighted by atomic mass is 16.6. The number of amides is 1. The minimum atomic E-state index is -0.297. The van der Waals surface area contributed by atoms with E-state index in [0.717, 1.165) is 18.5 Å². The van der Waals surface area contributed by atoms with Gasteiger partial charge in [0.15, 0.2) is 0 Å². The molecule has 3 nitrogen and oxygen atoms in total. The van der Waals surface area contributed by atoms with Crippen LogP contribution in [-0.4, -0.2) is 19.7 Å². The highest BCUT2D eigenvalue weighted by Gasteiger charge is 2.10. The maximum Gasteiger partial charge on any atom is 0.414 e. The van der Waals surface area contributed by atoms with Gasteiger partial charge in [-0.2, -0.15) is 0 Å². The van der Waals surface area contributed by atoms with Gasteiger partial charge in [0.1, 0.15) is 0 Å². The third kappa shape index (κ3) is 3.62. The highest BCUT2D eigenvalue weighted by molar-refractivity contribution is 5.86. The van der Waals surface area contributed by atoms with Gasteiger partial charge in [-0.3, -0.25) is 4.90 Å². The Morgan fingerprint density at radius 2 is 2.00 bits per heavy atom. The summed E-state index contributed by atoms with van der Waals surface area (Å²) >= 11 is 0.